The molecule has 0 fully saturated rings. The molecule has 0 bridgehead atoms. The maximum atomic E-state index is 11.5. The number of hydrogen-bond donors (Lipinski definition) is 1. The topological polar surface area (TPSA) is 63.6 Å². The highest BCUT2D eigenvalue weighted by Gasteiger charge is 2.08. The number of esters is 1. The van der Waals surface area contributed by atoms with Crippen LogP contribution in [0.1, 0.15) is 29.8 Å². The molecule has 0 aromatic heterocycles. The maximum Gasteiger partial charge on any atom is 0.338 e. The van der Waals surface area contributed by atoms with Crippen molar-refractivity contribution in [1.29, 1.82) is 0 Å². The number of ketones is 1. The molecule has 1 rings (SSSR count). The molecule has 4 heteroatoms. The Morgan fingerprint density at radius 3 is 2.59 bits per heavy atom. The fourth-order valence-electron chi connectivity index (χ4n) is 1.30. The molecule has 0 unspecified atom stereocenters. The SMILES string of the molecule is CCOC(=O)c1cccc(/C(O)=C/C(C)=O)c1. The lowest BCUT2D eigenvalue weighted by molar-refractivity contribution is -0.112. The summed E-state index contributed by atoms with van der Waals surface area (Å²) in [6.07, 6.45) is 1.10. The molecule has 0 saturated carbocycles. The summed E-state index contributed by atoms with van der Waals surface area (Å²) in [6.45, 7) is 3.35. The first-order valence-electron chi connectivity index (χ1n) is 5.23. The van der Waals surface area contributed by atoms with Crippen LogP contribution in [0.15, 0.2) is 30.3 Å². The van der Waals surface area contributed by atoms with E-state index in [1.54, 1.807) is 25.1 Å². The average molecular weight is 234 g/mol. The smallest absolute Gasteiger partial charge is 0.338 e. The minimum Gasteiger partial charge on any atom is -0.507 e. The Kier molecular flexibility index (Phi) is 4.46. The molecular weight excluding hydrogens is 220 g/mol. The van der Waals surface area contributed by atoms with E-state index < -0.39 is 5.97 Å². The van der Waals surface area contributed by atoms with E-state index in [-0.39, 0.29) is 11.5 Å². The van der Waals surface area contributed by atoms with E-state index >= 15 is 0 Å². The third kappa shape index (κ3) is 3.75. The lowest BCUT2D eigenvalue weighted by atomic mass is 10.1. The number of carbonyl (C=O) groups is 2. The standard InChI is InChI=1S/C13H14O4/c1-3-17-13(16)11-6-4-5-10(8-11)12(15)7-9(2)14/h4-8,15H,3H2,1-2H3/b12-7-. The van der Waals surface area contributed by atoms with Crippen LogP contribution in [-0.4, -0.2) is 23.5 Å². The van der Waals surface area contributed by atoms with Gasteiger partial charge in [-0.1, -0.05) is 12.1 Å². The molecule has 0 aliphatic rings. The molecule has 0 spiro atoms. The molecule has 1 N–H and O–H groups in total. The van der Waals surface area contributed by atoms with Gasteiger partial charge in [0.1, 0.15) is 5.76 Å². The predicted octanol–water partition coefficient (Wildman–Crippen LogP) is 2.35. The van der Waals surface area contributed by atoms with Crippen LogP contribution in [0, 0.1) is 0 Å². The van der Waals surface area contributed by atoms with Crippen molar-refractivity contribution < 1.29 is 19.4 Å². The Bertz CT molecular complexity index is 460. The monoisotopic (exact) mass is 234 g/mol. The summed E-state index contributed by atoms with van der Waals surface area (Å²) in [4.78, 5) is 22.3. The first-order chi connectivity index (χ1) is 8.04. The van der Waals surface area contributed by atoms with E-state index in [0.29, 0.717) is 17.7 Å². The molecule has 0 heterocycles. The van der Waals surface area contributed by atoms with E-state index in [9.17, 15) is 14.7 Å². The van der Waals surface area contributed by atoms with Gasteiger partial charge in [-0.05, 0) is 26.0 Å². The van der Waals surface area contributed by atoms with E-state index in [1.165, 1.54) is 13.0 Å². The van der Waals surface area contributed by atoms with Crippen molar-refractivity contribution in [2.24, 2.45) is 0 Å². The van der Waals surface area contributed by atoms with Gasteiger partial charge < -0.3 is 9.84 Å². The summed E-state index contributed by atoms with van der Waals surface area (Å²) in [7, 11) is 0. The van der Waals surface area contributed by atoms with E-state index in [1.807, 2.05) is 0 Å². The fourth-order valence-corrected chi connectivity index (χ4v) is 1.30. The van der Waals surface area contributed by atoms with E-state index in [0.717, 1.165) is 6.08 Å². The Balaban J connectivity index is 3.01. The lowest BCUT2D eigenvalue weighted by Gasteiger charge is -2.04. The van der Waals surface area contributed by atoms with Gasteiger partial charge in [0.05, 0.1) is 12.2 Å². The molecule has 0 aliphatic heterocycles. The summed E-state index contributed by atoms with van der Waals surface area (Å²) >= 11 is 0. The number of ether oxygens (including phenoxy) is 1. The zero-order valence-electron chi connectivity index (χ0n) is 9.77. The van der Waals surface area contributed by atoms with Crippen molar-refractivity contribution in [3.05, 3.63) is 41.5 Å². The Morgan fingerprint density at radius 2 is 2.00 bits per heavy atom. The second-order valence-electron chi connectivity index (χ2n) is 3.44. The number of carbonyl (C=O) groups excluding carboxylic acids is 2. The van der Waals surface area contributed by atoms with Gasteiger partial charge in [0.15, 0.2) is 5.78 Å². The highest BCUT2D eigenvalue weighted by Crippen LogP contribution is 2.14. The van der Waals surface area contributed by atoms with Crippen LogP contribution in [0.25, 0.3) is 5.76 Å². The van der Waals surface area contributed by atoms with Crippen LogP contribution in [0.2, 0.25) is 0 Å². The molecule has 4 nitrogen and oxygen atoms in total. The van der Waals surface area contributed by atoms with Crippen molar-refractivity contribution >= 4 is 17.5 Å². The summed E-state index contributed by atoms with van der Waals surface area (Å²) < 4.78 is 4.84. The van der Waals surface area contributed by atoms with E-state index in [4.69, 9.17) is 4.74 Å². The van der Waals surface area contributed by atoms with Crippen molar-refractivity contribution in [2.75, 3.05) is 6.61 Å². The minimum atomic E-state index is -0.454. The third-order valence-electron chi connectivity index (χ3n) is 2.01. The van der Waals surface area contributed by atoms with Crippen molar-refractivity contribution in [3.63, 3.8) is 0 Å². The highest BCUT2D eigenvalue weighted by molar-refractivity contribution is 5.94. The molecule has 0 amide bonds. The van der Waals surface area contributed by atoms with Gasteiger partial charge in [-0.25, -0.2) is 4.79 Å². The summed E-state index contributed by atoms with van der Waals surface area (Å²) in [5.41, 5.74) is 0.749. The second kappa shape index (κ2) is 5.84. The zero-order valence-corrected chi connectivity index (χ0v) is 9.77. The molecule has 0 radical (unpaired) electrons. The van der Waals surface area contributed by atoms with Gasteiger partial charge in [0.25, 0.3) is 0 Å². The van der Waals surface area contributed by atoms with Crippen LogP contribution in [0.4, 0.5) is 0 Å². The van der Waals surface area contributed by atoms with Crippen LogP contribution < -0.4 is 0 Å². The molecule has 0 atom stereocenters. The first-order valence-corrected chi connectivity index (χ1v) is 5.23. The number of hydrogen-bond acceptors (Lipinski definition) is 4. The first kappa shape index (κ1) is 13.0. The lowest BCUT2D eigenvalue weighted by Crippen LogP contribution is -2.04. The fraction of sp³-hybridized carbons (Fsp3) is 0.231. The van der Waals surface area contributed by atoms with Crippen molar-refractivity contribution in [2.45, 2.75) is 13.8 Å². The Morgan fingerprint density at radius 1 is 1.35 bits per heavy atom. The summed E-state index contributed by atoms with van der Waals surface area (Å²) in [6, 6.07) is 6.29. The zero-order chi connectivity index (χ0) is 12.8. The van der Waals surface area contributed by atoms with Crippen LogP contribution in [0.5, 0.6) is 0 Å². The van der Waals surface area contributed by atoms with Crippen LogP contribution in [-0.2, 0) is 9.53 Å². The predicted molar refractivity (Wildman–Crippen MR) is 63.7 cm³/mol. The Hall–Kier alpha value is -2.10. The number of aliphatic hydroxyl groups is 1. The van der Waals surface area contributed by atoms with Gasteiger partial charge >= 0.3 is 5.97 Å². The van der Waals surface area contributed by atoms with Gasteiger partial charge in [0, 0.05) is 11.6 Å². The minimum absolute atomic E-state index is 0.163. The summed E-state index contributed by atoms with van der Waals surface area (Å²) in [5.74, 6) is -0.877. The maximum absolute atomic E-state index is 11.5. The second-order valence-corrected chi connectivity index (χ2v) is 3.44. The van der Waals surface area contributed by atoms with Crippen molar-refractivity contribution in [3.8, 4) is 0 Å². The molecule has 90 valence electrons. The van der Waals surface area contributed by atoms with Gasteiger partial charge in [0.2, 0.25) is 0 Å². The highest BCUT2D eigenvalue weighted by atomic mass is 16.5. The molecule has 1 aromatic carbocycles. The van der Waals surface area contributed by atoms with Gasteiger partial charge in [-0.15, -0.1) is 0 Å². The number of allylic oxidation sites excluding steroid dienone is 1. The van der Waals surface area contributed by atoms with E-state index in [2.05, 4.69) is 0 Å². The number of benzene rings is 1. The van der Waals surface area contributed by atoms with Crippen LogP contribution >= 0.6 is 0 Å². The third-order valence-corrected chi connectivity index (χ3v) is 2.01. The summed E-state index contributed by atoms with van der Waals surface area (Å²) in [5, 5.41) is 9.62. The molecule has 0 saturated heterocycles. The quantitative estimate of drug-likeness (QED) is 0.493. The number of aliphatic hydroxyl groups excluding tert-OH is 1. The molecule has 1 aromatic rings. The largest absolute Gasteiger partial charge is 0.507 e. The molecule has 17 heavy (non-hydrogen) atoms. The molecular formula is C13H14O4. The van der Waals surface area contributed by atoms with Gasteiger partial charge in [-0.3, -0.25) is 4.79 Å². The van der Waals surface area contributed by atoms with Crippen LogP contribution in [0.3, 0.4) is 0 Å². The average Bonchev–Trinajstić information content (AvgIpc) is 2.28. The Labute approximate surface area is 99.5 Å². The van der Waals surface area contributed by atoms with Gasteiger partial charge in [-0.2, -0.15) is 0 Å². The number of rotatable bonds is 4. The van der Waals surface area contributed by atoms with Crippen molar-refractivity contribution in [1.82, 2.24) is 0 Å². The molecule has 0 aliphatic carbocycles. The normalized spacial score (nSPS) is 11.1.